The van der Waals surface area contributed by atoms with Crippen LogP contribution in [0.4, 0.5) is 11.4 Å². The van der Waals surface area contributed by atoms with Crippen LogP contribution in [0.2, 0.25) is 0 Å². The average Bonchev–Trinajstić information content (AvgIpc) is 3.28. The van der Waals surface area contributed by atoms with Gasteiger partial charge < -0.3 is 10.0 Å². The van der Waals surface area contributed by atoms with Gasteiger partial charge in [-0.25, -0.2) is 0 Å². The van der Waals surface area contributed by atoms with Gasteiger partial charge in [0.15, 0.2) is 0 Å². The van der Waals surface area contributed by atoms with E-state index in [0.717, 1.165) is 17.9 Å². The number of carbonyl (C=O) groups is 1. The first-order valence-electron chi connectivity index (χ1n) is 10.3. The summed E-state index contributed by atoms with van der Waals surface area (Å²) in [4.78, 5) is 19.6. The first kappa shape index (κ1) is 19.1. The fraction of sp³-hybridized carbons (Fsp3) is 0.192. The lowest BCUT2D eigenvalue weighted by Gasteiger charge is -2.28. The van der Waals surface area contributed by atoms with E-state index >= 15 is 0 Å². The van der Waals surface area contributed by atoms with E-state index in [1.807, 2.05) is 18.2 Å². The van der Waals surface area contributed by atoms with E-state index in [4.69, 9.17) is 0 Å². The van der Waals surface area contributed by atoms with Crippen molar-refractivity contribution >= 4 is 28.9 Å². The van der Waals surface area contributed by atoms with Crippen LogP contribution in [0.1, 0.15) is 37.5 Å². The van der Waals surface area contributed by atoms with Gasteiger partial charge >= 0.3 is 0 Å². The van der Waals surface area contributed by atoms with Crippen LogP contribution in [0.5, 0.6) is 0 Å². The molecule has 0 spiro atoms. The minimum absolute atomic E-state index is 0.0167. The van der Waals surface area contributed by atoms with Crippen molar-refractivity contribution in [1.29, 1.82) is 5.26 Å². The highest BCUT2D eigenvalue weighted by atomic mass is 16.3. The molecular formula is C26H21N3O2. The number of Topliss-reactive ketones (excluding diaryl/α,β-unsaturated/α-hetero) is 1. The van der Waals surface area contributed by atoms with Crippen LogP contribution in [-0.4, -0.2) is 23.6 Å². The second-order valence-electron chi connectivity index (χ2n) is 8.40. The highest BCUT2D eigenvalue weighted by Crippen LogP contribution is 2.49. The van der Waals surface area contributed by atoms with E-state index in [-0.39, 0.29) is 22.5 Å². The number of rotatable bonds is 2. The summed E-state index contributed by atoms with van der Waals surface area (Å²) in [6.45, 7) is 7.11. The summed E-state index contributed by atoms with van der Waals surface area (Å²) in [6.07, 6.45) is 3.41. The SMILES string of the molecule is CCN1C(=CC2=C(O)C(=C3C=Nc4ccc(C#N)cc43)C2=O)C(C)(C)c2ccccc21. The third kappa shape index (κ3) is 2.55. The van der Waals surface area contributed by atoms with E-state index in [1.165, 1.54) is 5.56 Å². The molecule has 0 bridgehead atoms. The Hall–Kier alpha value is -3.91. The Morgan fingerprint density at radius 2 is 2.00 bits per heavy atom. The van der Waals surface area contributed by atoms with Gasteiger partial charge in [-0.15, -0.1) is 0 Å². The minimum atomic E-state index is -0.286. The summed E-state index contributed by atoms with van der Waals surface area (Å²) in [5.41, 5.74) is 6.07. The molecule has 1 N–H and O–H groups in total. The van der Waals surface area contributed by atoms with E-state index in [1.54, 1.807) is 24.4 Å². The van der Waals surface area contributed by atoms with Gasteiger partial charge in [-0.1, -0.05) is 32.0 Å². The largest absolute Gasteiger partial charge is 0.506 e. The summed E-state index contributed by atoms with van der Waals surface area (Å²) in [5, 5.41) is 20.1. The summed E-state index contributed by atoms with van der Waals surface area (Å²) in [5.74, 6) is -0.221. The number of carbonyl (C=O) groups excluding carboxylic acids is 1. The number of aliphatic imine (C=N–C) groups is 1. The lowest BCUT2D eigenvalue weighted by molar-refractivity contribution is -0.113. The van der Waals surface area contributed by atoms with Crippen LogP contribution in [0.3, 0.4) is 0 Å². The molecule has 5 heteroatoms. The molecular weight excluding hydrogens is 386 g/mol. The maximum Gasteiger partial charge on any atom is 0.201 e. The van der Waals surface area contributed by atoms with Crippen LogP contribution in [0, 0.1) is 11.3 Å². The number of hydrogen-bond acceptors (Lipinski definition) is 5. The van der Waals surface area contributed by atoms with E-state index in [0.29, 0.717) is 28.0 Å². The number of nitrogens with zero attached hydrogens (tertiary/aromatic N) is 3. The Bertz CT molecular complexity index is 1330. The molecule has 0 saturated heterocycles. The Morgan fingerprint density at radius 1 is 1.23 bits per heavy atom. The van der Waals surface area contributed by atoms with Crippen LogP contribution in [0.15, 0.2) is 76.1 Å². The number of benzene rings is 2. The standard InChI is InChI=1S/C26H21N3O2/c1-4-29-21-8-6-5-7-19(21)26(2,3)22(29)12-17-24(30)23(25(17)31)18-14-28-20-10-9-15(13-27)11-16(18)20/h5-12,14,30H,4H2,1-3H3. The molecule has 0 amide bonds. The zero-order chi connectivity index (χ0) is 21.9. The quantitative estimate of drug-likeness (QED) is 0.701. The summed E-state index contributed by atoms with van der Waals surface area (Å²) >= 11 is 0. The highest BCUT2D eigenvalue weighted by molar-refractivity contribution is 6.33. The molecule has 2 aromatic rings. The molecule has 3 aliphatic rings. The first-order valence-corrected chi connectivity index (χ1v) is 10.3. The normalized spacial score (nSPS) is 21.9. The molecule has 2 aromatic carbocycles. The molecule has 1 aliphatic carbocycles. The summed E-state index contributed by atoms with van der Waals surface area (Å²) in [7, 11) is 0. The molecule has 5 nitrogen and oxygen atoms in total. The Kier molecular flexibility index (Phi) is 4.03. The number of aliphatic hydroxyl groups excluding tert-OH is 1. The van der Waals surface area contributed by atoms with Crippen LogP contribution >= 0.6 is 0 Å². The third-order valence-corrected chi connectivity index (χ3v) is 6.38. The van der Waals surface area contributed by atoms with Crippen LogP contribution in [-0.2, 0) is 10.2 Å². The third-order valence-electron chi connectivity index (χ3n) is 6.38. The maximum atomic E-state index is 13.1. The first-order chi connectivity index (χ1) is 14.9. The van der Waals surface area contributed by atoms with Gasteiger partial charge in [-0.3, -0.25) is 9.79 Å². The number of anilines is 1. The lowest BCUT2D eigenvalue weighted by Crippen LogP contribution is -2.29. The van der Waals surface area contributed by atoms with Crippen molar-refractivity contribution < 1.29 is 9.90 Å². The zero-order valence-corrected chi connectivity index (χ0v) is 17.6. The fourth-order valence-electron chi connectivity index (χ4n) is 4.72. The monoisotopic (exact) mass is 407 g/mol. The predicted octanol–water partition coefficient (Wildman–Crippen LogP) is 5.12. The predicted molar refractivity (Wildman–Crippen MR) is 121 cm³/mol. The number of allylic oxidation sites excluding steroid dienone is 5. The second-order valence-corrected chi connectivity index (χ2v) is 8.40. The van der Waals surface area contributed by atoms with Crippen molar-refractivity contribution in [2.24, 2.45) is 4.99 Å². The van der Waals surface area contributed by atoms with E-state index < -0.39 is 0 Å². The number of fused-ring (bicyclic) bond motifs is 2. The number of ketones is 1. The van der Waals surface area contributed by atoms with Gasteiger partial charge in [0.1, 0.15) is 5.76 Å². The van der Waals surface area contributed by atoms with Gasteiger partial charge in [-0.2, -0.15) is 5.26 Å². The van der Waals surface area contributed by atoms with Gasteiger partial charge in [0.05, 0.1) is 28.5 Å². The molecule has 0 atom stereocenters. The van der Waals surface area contributed by atoms with Gasteiger partial charge in [0.2, 0.25) is 5.78 Å². The van der Waals surface area contributed by atoms with Crippen molar-refractivity contribution in [2.45, 2.75) is 26.2 Å². The molecule has 2 heterocycles. The number of aliphatic hydroxyl groups is 1. The van der Waals surface area contributed by atoms with Crippen molar-refractivity contribution in [3.05, 3.63) is 87.8 Å². The van der Waals surface area contributed by atoms with E-state index in [2.05, 4.69) is 48.9 Å². The molecule has 31 heavy (non-hydrogen) atoms. The Balaban J connectivity index is 1.62. The smallest absolute Gasteiger partial charge is 0.201 e. The van der Waals surface area contributed by atoms with Crippen molar-refractivity contribution in [3.63, 3.8) is 0 Å². The molecule has 2 aliphatic heterocycles. The zero-order valence-electron chi connectivity index (χ0n) is 17.6. The Morgan fingerprint density at radius 3 is 2.71 bits per heavy atom. The molecule has 0 fully saturated rings. The lowest BCUT2D eigenvalue weighted by atomic mass is 9.79. The van der Waals surface area contributed by atoms with Gasteiger partial charge in [0, 0.05) is 40.7 Å². The number of para-hydroxylation sites is 1. The number of hydrogen-bond donors (Lipinski definition) is 1. The van der Waals surface area contributed by atoms with E-state index in [9.17, 15) is 15.2 Å². The Labute approximate surface area is 181 Å². The molecule has 0 radical (unpaired) electrons. The molecule has 0 saturated carbocycles. The molecule has 152 valence electrons. The van der Waals surface area contributed by atoms with Gasteiger partial charge in [0.25, 0.3) is 0 Å². The van der Waals surface area contributed by atoms with Crippen LogP contribution < -0.4 is 4.90 Å². The minimum Gasteiger partial charge on any atom is -0.506 e. The summed E-state index contributed by atoms with van der Waals surface area (Å²) in [6, 6.07) is 15.5. The molecule has 5 rings (SSSR count). The van der Waals surface area contributed by atoms with Gasteiger partial charge in [-0.05, 0) is 42.8 Å². The average molecular weight is 407 g/mol. The molecule has 0 unspecified atom stereocenters. The topological polar surface area (TPSA) is 76.7 Å². The van der Waals surface area contributed by atoms with Crippen molar-refractivity contribution in [3.8, 4) is 6.07 Å². The maximum absolute atomic E-state index is 13.1. The van der Waals surface area contributed by atoms with Crippen molar-refractivity contribution in [2.75, 3.05) is 11.4 Å². The molecule has 0 aromatic heterocycles. The number of likely N-dealkylation sites (N-methyl/N-ethyl adjacent to an activating group) is 1. The second kappa shape index (κ2) is 6.55. The summed E-state index contributed by atoms with van der Waals surface area (Å²) < 4.78 is 0. The highest BCUT2D eigenvalue weighted by Gasteiger charge is 2.42. The fourth-order valence-corrected chi connectivity index (χ4v) is 4.72. The number of nitriles is 1. The van der Waals surface area contributed by atoms with Crippen LogP contribution in [0.25, 0.3) is 5.57 Å². The van der Waals surface area contributed by atoms with Crippen molar-refractivity contribution in [1.82, 2.24) is 0 Å².